The molecule has 0 fully saturated rings. The first-order valence-corrected chi connectivity index (χ1v) is 13.5. The fourth-order valence-corrected chi connectivity index (χ4v) is 3.50. The molecule has 6 heteroatoms. The average Bonchev–Trinajstić information content (AvgIpc) is 3.12. The number of fused-ring (bicyclic) bond motifs is 3. The van der Waals surface area contributed by atoms with E-state index in [4.69, 9.17) is 5.73 Å². The molecule has 0 aliphatic rings. The van der Waals surface area contributed by atoms with Gasteiger partial charge in [0.05, 0.1) is 0 Å². The molecular formula is C27H39Cl2HfNOSi. The molecule has 33 heavy (non-hydrogen) atoms. The van der Waals surface area contributed by atoms with Crippen LogP contribution in [0, 0.1) is 0 Å². The average molecular weight is 671 g/mol. The Kier molecular flexibility index (Phi) is 27.5. The van der Waals surface area contributed by atoms with E-state index in [1.54, 1.807) is 0 Å². The smallest absolute Gasteiger partial charge is 1.00 e. The van der Waals surface area contributed by atoms with Crippen molar-refractivity contribution in [1.82, 2.24) is 0 Å². The first kappa shape index (κ1) is 37.0. The number of nitrogens with one attached hydrogen (secondary N) is 1. The van der Waals surface area contributed by atoms with Crippen molar-refractivity contribution < 1.29 is 55.5 Å². The van der Waals surface area contributed by atoms with E-state index in [0.717, 1.165) is 22.4 Å². The molecule has 0 saturated heterocycles. The van der Waals surface area contributed by atoms with Gasteiger partial charge in [-0.05, 0) is 12.8 Å². The van der Waals surface area contributed by atoms with Crippen LogP contribution in [0.3, 0.4) is 0 Å². The Morgan fingerprint density at radius 1 is 0.758 bits per heavy atom. The second kappa shape index (κ2) is 24.6. The summed E-state index contributed by atoms with van der Waals surface area (Å²) in [5, 5.41) is 5.39. The van der Waals surface area contributed by atoms with Crippen LogP contribution in [0.2, 0.25) is 13.1 Å². The fraction of sp³-hybridized carbons (Fsp3) is 0.481. The van der Waals surface area contributed by atoms with Crippen LogP contribution in [-0.4, -0.2) is 15.4 Å². The summed E-state index contributed by atoms with van der Waals surface area (Å²) in [4.78, 5) is 10.3. The van der Waals surface area contributed by atoms with Crippen LogP contribution < -0.4 is 24.8 Å². The Hall–Kier alpha value is -0.553. The van der Waals surface area contributed by atoms with Crippen LogP contribution in [0.4, 0.5) is 0 Å². The summed E-state index contributed by atoms with van der Waals surface area (Å²) >= 11 is 0. The van der Waals surface area contributed by atoms with Gasteiger partial charge in [0.15, 0.2) is 0 Å². The van der Waals surface area contributed by atoms with Crippen molar-refractivity contribution >= 4 is 37.0 Å². The predicted octanol–water partition coefficient (Wildman–Crippen LogP) is 2.99. The van der Waals surface area contributed by atoms with Crippen LogP contribution in [0.15, 0.2) is 54.6 Å². The molecule has 0 heterocycles. The van der Waals surface area contributed by atoms with E-state index in [0.29, 0.717) is 6.42 Å². The van der Waals surface area contributed by atoms with Gasteiger partial charge in [0.25, 0.3) is 0 Å². The third kappa shape index (κ3) is 16.7. The predicted molar refractivity (Wildman–Crippen MR) is 136 cm³/mol. The molecule has 1 amide bonds. The minimum Gasteiger partial charge on any atom is -1.00 e. The van der Waals surface area contributed by atoms with Gasteiger partial charge < -0.3 is 35.3 Å². The number of carbonyl (C=O) groups is 1. The van der Waals surface area contributed by atoms with E-state index in [1.807, 2.05) is 0 Å². The van der Waals surface area contributed by atoms with Gasteiger partial charge in [-0.1, -0.05) is 108 Å². The summed E-state index contributed by atoms with van der Waals surface area (Å²) in [6.07, 6.45) is 11.8. The Morgan fingerprint density at radius 2 is 1.12 bits per heavy atom. The Morgan fingerprint density at radius 3 is 1.52 bits per heavy atom. The first-order valence-electron chi connectivity index (χ1n) is 11.5. The van der Waals surface area contributed by atoms with E-state index in [1.165, 1.54) is 66.5 Å². The molecule has 1 N–H and O–H groups in total. The molecule has 2 nitrogen and oxygen atoms in total. The van der Waals surface area contributed by atoms with Gasteiger partial charge in [-0.15, -0.1) is 39.7 Å². The van der Waals surface area contributed by atoms with Crippen molar-refractivity contribution in [2.75, 3.05) is 0 Å². The van der Waals surface area contributed by atoms with Gasteiger partial charge in [-0.25, -0.2) is 0 Å². The number of hydrogen-bond acceptors (Lipinski definition) is 1. The van der Waals surface area contributed by atoms with E-state index in [9.17, 15) is 4.79 Å². The molecule has 3 rings (SSSR count). The van der Waals surface area contributed by atoms with Gasteiger partial charge in [-0.2, -0.15) is 0 Å². The number of amides is 1. The third-order valence-electron chi connectivity index (χ3n) is 5.03. The summed E-state index contributed by atoms with van der Waals surface area (Å²) < 4.78 is 0. The molecule has 0 spiro atoms. The number of hydrogen-bond donors (Lipinski definition) is 0. The second-order valence-electron chi connectivity index (χ2n) is 7.82. The maximum absolute atomic E-state index is 10.3. The molecule has 0 atom stereocenters. The minimum atomic E-state index is -0.409. The van der Waals surface area contributed by atoms with Crippen LogP contribution in [0.1, 0.15) is 71.1 Å². The molecule has 2 radical (unpaired) electrons. The van der Waals surface area contributed by atoms with Gasteiger partial charge in [-0.3, -0.25) is 0 Å². The van der Waals surface area contributed by atoms with Crippen molar-refractivity contribution in [1.29, 1.82) is 0 Å². The van der Waals surface area contributed by atoms with Crippen molar-refractivity contribution in [3.8, 4) is 0 Å². The number of carbonyl (C=O) groups excluding carboxylic acids is 1. The normalized spacial score (nSPS) is 9.30. The van der Waals surface area contributed by atoms with E-state index in [2.05, 4.69) is 74.6 Å². The molecule has 0 unspecified atom stereocenters. The fourth-order valence-electron chi connectivity index (χ4n) is 3.50. The standard InChI is InChI=1S/C13H9.C12H25NO.C2H6Si.2ClH.Hf/c1-3-7-12-10(5-1)9-11-6-2-4-8-13(11)12;1-2-3-4-5-6-7-8-9-10-11-12(13)14;1-3-2;;;/h1-9H;2-11H2,1H3,(H2,13,14);1-2H3;2*1H;/q-1;;;;;+4/p-3. The van der Waals surface area contributed by atoms with Crippen molar-refractivity contribution in [2.24, 2.45) is 0 Å². The summed E-state index contributed by atoms with van der Waals surface area (Å²) in [5.41, 5.74) is 6.73. The summed E-state index contributed by atoms with van der Waals surface area (Å²) in [7, 11) is 1.08. The van der Waals surface area contributed by atoms with E-state index >= 15 is 0 Å². The third-order valence-corrected chi connectivity index (χ3v) is 5.03. The van der Waals surface area contributed by atoms with Gasteiger partial charge in [0.2, 0.25) is 0 Å². The van der Waals surface area contributed by atoms with Crippen LogP contribution in [-0.2, 0) is 30.6 Å². The zero-order valence-electron chi connectivity index (χ0n) is 20.4. The Balaban J connectivity index is -0.000000450. The van der Waals surface area contributed by atoms with E-state index in [-0.39, 0.29) is 50.7 Å². The van der Waals surface area contributed by atoms with Gasteiger partial charge >= 0.3 is 25.8 Å². The molecule has 0 aromatic heterocycles. The number of halogens is 2. The number of rotatable bonds is 10. The molecule has 3 aromatic rings. The first-order chi connectivity index (χ1) is 14.6. The summed E-state index contributed by atoms with van der Waals surface area (Å²) in [5.74, 6) is -0.409. The molecule has 0 aliphatic heterocycles. The molecule has 0 bridgehead atoms. The maximum Gasteiger partial charge on any atom is 4.00 e. The van der Waals surface area contributed by atoms with Gasteiger partial charge in [0.1, 0.15) is 0 Å². The number of unbranched alkanes of at least 4 members (excludes halogenated alkanes) is 8. The Bertz CT molecular complexity index is 791. The van der Waals surface area contributed by atoms with Gasteiger partial charge in [0, 0.05) is 15.4 Å². The molecule has 3 aromatic carbocycles. The molecule has 180 valence electrons. The van der Waals surface area contributed by atoms with Crippen LogP contribution in [0.5, 0.6) is 0 Å². The summed E-state index contributed by atoms with van der Waals surface area (Å²) in [6, 6.07) is 19.3. The topological polar surface area (TPSA) is 40.9 Å². The van der Waals surface area contributed by atoms with E-state index < -0.39 is 5.91 Å². The van der Waals surface area contributed by atoms with Crippen LogP contribution >= 0.6 is 0 Å². The SMILES string of the molecule is CCCCCCCCCCCC([NH-])=O.C[Si]C.[Cl-].[Cl-].[Hf+4].c1ccc2c(c1)[cH-]c1ccccc12. The quantitative estimate of drug-likeness (QED) is 0.186. The summed E-state index contributed by atoms with van der Waals surface area (Å²) in [6.45, 7) is 6.54. The zero-order chi connectivity index (χ0) is 22.0. The van der Waals surface area contributed by atoms with Crippen molar-refractivity contribution in [3.63, 3.8) is 0 Å². The van der Waals surface area contributed by atoms with Crippen LogP contribution in [0.25, 0.3) is 27.3 Å². The second-order valence-corrected chi connectivity index (χ2v) is 8.82. The zero-order valence-corrected chi connectivity index (χ0v) is 26.5. The molecular weight excluding hydrogens is 632 g/mol. The number of benzene rings is 2. The van der Waals surface area contributed by atoms with Crippen molar-refractivity contribution in [2.45, 2.75) is 84.2 Å². The maximum atomic E-state index is 10.3. The monoisotopic (exact) mass is 671 g/mol. The molecule has 0 saturated carbocycles. The minimum absolute atomic E-state index is 0. The molecule has 0 aliphatic carbocycles. The Labute approximate surface area is 235 Å². The van der Waals surface area contributed by atoms with Crippen molar-refractivity contribution in [3.05, 3.63) is 60.3 Å². The largest absolute Gasteiger partial charge is 4.00 e.